The minimum Gasteiger partial charge on any atom is -0.469 e. The lowest BCUT2D eigenvalue weighted by molar-refractivity contribution is -0.140. The molecule has 16 heavy (non-hydrogen) atoms. The van der Waals surface area contributed by atoms with Gasteiger partial charge in [0.15, 0.2) is 0 Å². The van der Waals surface area contributed by atoms with Crippen LogP contribution in [0.25, 0.3) is 0 Å². The maximum Gasteiger partial charge on any atom is 0.305 e. The second kappa shape index (κ2) is 6.46. The predicted molar refractivity (Wildman–Crippen MR) is 60.9 cm³/mol. The quantitative estimate of drug-likeness (QED) is 0.606. The molecule has 0 aliphatic heterocycles. The first-order valence-corrected chi connectivity index (χ1v) is 5.07. The van der Waals surface area contributed by atoms with Gasteiger partial charge in [0.1, 0.15) is 0 Å². The number of nitrogens with zero attached hydrogens (tertiary/aromatic N) is 1. The number of carbonyl (C=O) groups excluding carboxylic acids is 1. The molecule has 0 saturated carbocycles. The summed E-state index contributed by atoms with van der Waals surface area (Å²) < 4.78 is 4.53. The van der Waals surface area contributed by atoms with Crippen LogP contribution in [0.4, 0.5) is 5.69 Å². The molecule has 0 aliphatic carbocycles. The van der Waals surface area contributed by atoms with Crippen LogP contribution in [0.3, 0.4) is 0 Å². The Morgan fingerprint density at radius 2 is 2.38 bits per heavy atom. The van der Waals surface area contributed by atoms with Crippen LogP contribution >= 0.6 is 0 Å². The summed E-state index contributed by atoms with van der Waals surface area (Å²) >= 11 is 0. The number of rotatable bonds is 5. The predicted octanol–water partition coefficient (Wildman–Crippen LogP) is 1.92. The van der Waals surface area contributed by atoms with Crippen LogP contribution in [-0.2, 0) is 9.53 Å². The zero-order valence-electron chi connectivity index (χ0n) is 9.19. The number of ether oxygens (including phenoxy) is 1. The molecule has 0 radical (unpaired) electrons. The number of hydrogen-bond acceptors (Lipinski definition) is 4. The molecule has 0 amide bonds. The van der Waals surface area contributed by atoms with Crippen LogP contribution in [0.15, 0.2) is 24.3 Å². The van der Waals surface area contributed by atoms with Crippen molar-refractivity contribution in [1.29, 1.82) is 5.26 Å². The molecule has 4 nitrogen and oxygen atoms in total. The lowest BCUT2D eigenvalue weighted by Crippen LogP contribution is -2.06. The third-order valence-electron chi connectivity index (χ3n) is 2.11. The van der Waals surface area contributed by atoms with E-state index in [2.05, 4.69) is 16.1 Å². The van der Waals surface area contributed by atoms with Gasteiger partial charge in [-0.25, -0.2) is 0 Å². The van der Waals surface area contributed by atoms with Gasteiger partial charge in [0.2, 0.25) is 0 Å². The van der Waals surface area contributed by atoms with Crippen molar-refractivity contribution in [3.8, 4) is 6.07 Å². The van der Waals surface area contributed by atoms with Crippen molar-refractivity contribution in [3.63, 3.8) is 0 Å². The van der Waals surface area contributed by atoms with Gasteiger partial charge in [-0.1, -0.05) is 6.07 Å². The highest BCUT2D eigenvalue weighted by molar-refractivity contribution is 5.69. The average Bonchev–Trinajstić information content (AvgIpc) is 2.34. The molecule has 0 aliphatic rings. The van der Waals surface area contributed by atoms with Crippen LogP contribution < -0.4 is 5.32 Å². The Bertz CT molecular complexity index is 396. The largest absolute Gasteiger partial charge is 0.469 e. The van der Waals surface area contributed by atoms with E-state index in [1.807, 2.05) is 12.1 Å². The smallest absolute Gasteiger partial charge is 0.305 e. The number of anilines is 1. The summed E-state index contributed by atoms with van der Waals surface area (Å²) in [5, 5.41) is 11.8. The first-order chi connectivity index (χ1) is 7.76. The first-order valence-electron chi connectivity index (χ1n) is 5.07. The van der Waals surface area contributed by atoms with E-state index in [0.29, 0.717) is 24.9 Å². The van der Waals surface area contributed by atoms with Crippen LogP contribution in [0.1, 0.15) is 18.4 Å². The number of hydrogen-bond donors (Lipinski definition) is 1. The van der Waals surface area contributed by atoms with E-state index in [9.17, 15) is 4.79 Å². The number of nitriles is 1. The molecule has 84 valence electrons. The van der Waals surface area contributed by atoms with E-state index in [4.69, 9.17) is 5.26 Å². The molecule has 0 fully saturated rings. The van der Waals surface area contributed by atoms with Gasteiger partial charge in [0.25, 0.3) is 0 Å². The molecular formula is C12H14N2O2. The summed E-state index contributed by atoms with van der Waals surface area (Å²) in [5.74, 6) is -0.201. The summed E-state index contributed by atoms with van der Waals surface area (Å²) in [5.41, 5.74) is 1.52. The molecule has 0 aromatic heterocycles. The fourth-order valence-electron chi connectivity index (χ4n) is 1.27. The van der Waals surface area contributed by atoms with Gasteiger partial charge in [-0.05, 0) is 24.6 Å². The molecule has 1 aromatic rings. The van der Waals surface area contributed by atoms with Crippen molar-refractivity contribution in [2.45, 2.75) is 12.8 Å². The van der Waals surface area contributed by atoms with E-state index in [1.165, 1.54) is 7.11 Å². The van der Waals surface area contributed by atoms with Gasteiger partial charge >= 0.3 is 5.97 Å². The fraction of sp³-hybridized carbons (Fsp3) is 0.333. The van der Waals surface area contributed by atoms with Gasteiger partial charge in [-0.2, -0.15) is 5.26 Å². The lowest BCUT2D eigenvalue weighted by Gasteiger charge is -2.05. The summed E-state index contributed by atoms with van der Waals surface area (Å²) in [6, 6.07) is 9.31. The topological polar surface area (TPSA) is 62.1 Å². The Morgan fingerprint density at radius 3 is 3.06 bits per heavy atom. The summed E-state index contributed by atoms with van der Waals surface area (Å²) in [4.78, 5) is 10.8. The van der Waals surface area contributed by atoms with Gasteiger partial charge in [0, 0.05) is 18.7 Å². The molecule has 4 heteroatoms. The summed E-state index contributed by atoms with van der Waals surface area (Å²) in [7, 11) is 1.38. The molecule has 1 N–H and O–H groups in total. The van der Waals surface area contributed by atoms with Crippen molar-refractivity contribution < 1.29 is 9.53 Å². The second-order valence-electron chi connectivity index (χ2n) is 3.30. The number of carbonyl (C=O) groups is 1. The Labute approximate surface area is 94.8 Å². The summed E-state index contributed by atoms with van der Waals surface area (Å²) in [6.07, 6.45) is 1.12. The zero-order valence-corrected chi connectivity index (χ0v) is 9.19. The van der Waals surface area contributed by atoms with Crippen LogP contribution in [0, 0.1) is 11.3 Å². The third kappa shape index (κ3) is 4.01. The highest BCUT2D eigenvalue weighted by Gasteiger charge is 1.99. The SMILES string of the molecule is COC(=O)CCCNc1cccc(C#N)c1. The molecule has 0 saturated heterocycles. The molecule has 0 bridgehead atoms. The molecule has 0 heterocycles. The lowest BCUT2D eigenvalue weighted by atomic mass is 10.2. The number of nitrogens with one attached hydrogen (secondary N) is 1. The van der Waals surface area contributed by atoms with Crippen LogP contribution in [0.2, 0.25) is 0 Å². The summed E-state index contributed by atoms with van der Waals surface area (Å²) in [6.45, 7) is 0.685. The maximum absolute atomic E-state index is 10.8. The highest BCUT2D eigenvalue weighted by Crippen LogP contribution is 2.09. The number of esters is 1. The number of methoxy groups -OCH3 is 1. The highest BCUT2D eigenvalue weighted by atomic mass is 16.5. The van der Waals surface area contributed by atoms with Crippen molar-refractivity contribution >= 4 is 11.7 Å². The Morgan fingerprint density at radius 1 is 1.56 bits per heavy atom. The van der Waals surface area contributed by atoms with Gasteiger partial charge < -0.3 is 10.1 Å². The van der Waals surface area contributed by atoms with Crippen LogP contribution in [0.5, 0.6) is 0 Å². The molecule has 1 rings (SSSR count). The minimum atomic E-state index is -0.201. The van der Waals surface area contributed by atoms with E-state index in [1.54, 1.807) is 12.1 Å². The molecule has 1 aromatic carbocycles. The third-order valence-corrected chi connectivity index (χ3v) is 2.11. The first kappa shape index (κ1) is 12.1. The van der Waals surface area contributed by atoms with E-state index in [-0.39, 0.29) is 5.97 Å². The second-order valence-corrected chi connectivity index (χ2v) is 3.30. The van der Waals surface area contributed by atoms with E-state index >= 15 is 0 Å². The van der Waals surface area contributed by atoms with E-state index in [0.717, 1.165) is 5.69 Å². The number of benzene rings is 1. The van der Waals surface area contributed by atoms with Crippen molar-refractivity contribution in [2.24, 2.45) is 0 Å². The van der Waals surface area contributed by atoms with Gasteiger partial charge in [0.05, 0.1) is 18.7 Å². The molecular weight excluding hydrogens is 204 g/mol. The standard InChI is InChI=1S/C12H14N2O2/c1-16-12(15)6-3-7-14-11-5-2-4-10(8-11)9-13/h2,4-5,8,14H,3,6-7H2,1H3. The van der Waals surface area contributed by atoms with E-state index < -0.39 is 0 Å². The van der Waals surface area contributed by atoms with Crippen molar-refractivity contribution in [2.75, 3.05) is 19.0 Å². The maximum atomic E-state index is 10.8. The normalized spacial score (nSPS) is 9.25. The molecule has 0 spiro atoms. The Hall–Kier alpha value is -2.02. The fourth-order valence-corrected chi connectivity index (χ4v) is 1.27. The van der Waals surface area contributed by atoms with Crippen molar-refractivity contribution in [3.05, 3.63) is 29.8 Å². The molecule has 0 atom stereocenters. The minimum absolute atomic E-state index is 0.201. The van der Waals surface area contributed by atoms with Gasteiger partial charge in [-0.15, -0.1) is 0 Å². The monoisotopic (exact) mass is 218 g/mol. The van der Waals surface area contributed by atoms with Crippen LogP contribution in [-0.4, -0.2) is 19.6 Å². The molecule has 0 unspecified atom stereocenters. The zero-order chi connectivity index (χ0) is 11.8. The van der Waals surface area contributed by atoms with Crippen molar-refractivity contribution in [1.82, 2.24) is 0 Å². The Balaban J connectivity index is 2.32. The van der Waals surface area contributed by atoms with Gasteiger partial charge in [-0.3, -0.25) is 4.79 Å². The Kier molecular flexibility index (Phi) is 4.87. The average molecular weight is 218 g/mol.